The van der Waals surface area contributed by atoms with E-state index in [1.807, 2.05) is 0 Å². The van der Waals surface area contributed by atoms with E-state index in [4.69, 9.17) is 0 Å². The van der Waals surface area contributed by atoms with E-state index in [0.29, 0.717) is 0 Å². The highest BCUT2D eigenvalue weighted by atomic mass is 31.1. The highest BCUT2D eigenvalue weighted by molar-refractivity contribution is 7.71. The first kappa shape index (κ1) is 42.1. The topological polar surface area (TPSA) is 6.48 Å². The number of hydrogen-bond donors (Lipinski definition) is 0. The molecule has 2 aliphatic heterocycles. The number of fused-ring (bicyclic) bond motifs is 4. The lowest BCUT2D eigenvalue weighted by Crippen LogP contribution is -2.23. The number of aryl methyl sites for hydroxylation is 1. The molecular weight excluding hydrogens is 816 g/mol. The molecule has 5 aromatic carbocycles. The predicted octanol–water partition coefficient (Wildman–Crippen LogP) is 17.6. The van der Waals surface area contributed by atoms with Crippen LogP contribution in [0.25, 0.3) is 22.3 Å². The molecule has 11 rings (SSSR count). The zero-order valence-electron chi connectivity index (χ0n) is 38.9. The molecule has 1 saturated heterocycles. The summed E-state index contributed by atoms with van der Waals surface area (Å²) in [5, 5.41) is 4.71. The molecule has 3 heteroatoms. The fraction of sp³-hybridized carbons (Fsp3) is 0.190. The van der Waals surface area contributed by atoms with Crippen molar-refractivity contribution < 1.29 is 0 Å². The Morgan fingerprint density at radius 1 is 0.439 bits per heavy atom. The van der Waals surface area contributed by atoms with Gasteiger partial charge in [0.2, 0.25) is 0 Å². The largest absolute Gasteiger partial charge is 0.318 e. The Morgan fingerprint density at radius 2 is 1.02 bits per heavy atom. The van der Waals surface area contributed by atoms with Gasteiger partial charge in [0.25, 0.3) is 0 Å². The lowest BCUT2D eigenvalue weighted by molar-refractivity contribution is 0.823. The van der Waals surface area contributed by atoms with Crippen LogP contribution in [0.5, 0.6) is 0 Å². The number of nitrogens with zero attached hydrogens (tertiary/aromatic N) is 2. The lowest BCUT2D eigenvalue weighted by atomic mass is 9.87. The van der Waals surface area contributed by atoms with E-state index in [2.05, 4.69) is 220 Å². The molecule has 0 bridgehead atoms. The lowest BCUT2D eigenvalue weighted by Gasteiger charge is -2.37. The van der Waals surface area contributed by atoms with Crippen LogP contribution in [0.15, 0.2) is 221 Å². The monoisotopic (exact) mass is 874 g/mol. The van der Waals surface area contributed by atoms with E-state index in [0.717, 1.165) is 49.9 Å². The number of hydrogen-bond acceptors (Lipinski definition) is 2. The zero-order valence-corrected chi connectivity index (χ0v) is 39.9. The molecule has 0 radical (unpaired) electrons. The van der Waals surface area contributed by atoms with Gasteiger partial charge in [0.05, 0.1) is 0 Å². The summed E-state index contributed by atoms with van der Waals surface area (Å²) in [4.78, 5) is 4.93. The van der Waals surface area contributed by atoms with Crippen molar-refractivity contribution in [3.63, 3.8) is 0 Å². The number of rotatable bonds is 10. The average molecular weight is 875 g/mol. The van der Waals surface area contributed by atoms with Crippen molar-refractivity contribution in [1.29, 1.82) is 0 Å². The second-order valence-electron chi connectivity index (χ2n) is 18.8. The van der Waals surface area contributed by atoms with E-state index in [1.54, 1.807) is 10.6 Å². The van der Waals surface area contributed by atoms with Gasteiger partial charge in [-0.05, 0) is 211 Å². The minimum Gasteiger partial charge on any atom is -0.318 e. The molecule has 66 heavy (non-hydrogen) atoms. The molecule has 0 spiro atoms. The molecule has 6 aliphatic rings. The van der Waals surface area contributed by atoms with E-state index in [9.17, 15) is 0 Å². The Hall–Kier alpha value is -6.60. The summed E-state index contributed by atoms with van der Waals surface area (Å²) in [5.41, 5.74) is 23.7. The van der Waals surface area contributed by atoms with Crippen molar-refractivity contribution in [3.05, 3.63) is 249 Å². The first-order chi connectivity index (χ1) is 32.4. The second kappa shape index (κ2) is 18.0. The van der Waals surface area contributed by atoms with Crippen LogP contribution in [0.4, 0.5) is 22.7 Å². The van der Waals surface area contributed by atoms with Crippen LogP contribution in [0.1, 0.15) is 93.0 Å². The Morgan fingerprint density at radius 3 is 1.67 bits per heavy atom. The quantitative estimate of drug-likeness (QED) is 0.129. The van der Waals surface area contributed by atoms with Gasteiger partial charge in [-0.2, -0.15) is 0 Å². The molecule has 0 saturated carbocycles. The van der Waals surface area contributed by atoms with Crippen molar-refractivity contribution in [3.8, 4) is 11.1 Å². The standard InChI is InChI=1S/C63H59N2P/c1-43-19-31-51(32-20-43)64(55-39-27-49(28-40-55)58-14-9-15-59(46(58)4)57-12-6-5-11-45(57)3)53-35-23-47(24-36-53)48-25-37-54(38-26-48)65(52-33-21-44(2)22-34-52)56-41-29-50(30-42-56)61-17-10-18-63-60-13-7-8-16-62(60)66(61)63/h9-19,21-23,25-31,33-35,37-42,66H,5-8,20,24,32,36H2,1-4H3. The van der Waals surface area contributed by atoms with Crippen LogP contribution >= 0.6 is 7.55 Å². The SMILES string of the molecule is CC1=CC=C(N(C2=CC=C(c3ccc(N(c4ccc(C)cc4)c4ccc(C5=[PH]6C(=CC=C5)C5=CCCC=C56)cc4)cc3)CC2)c2ccc(-c3cccc(C4=CCCC=C4C)c3C)cc2)CC1. The first-order valence-corrected chi connectivity index (χ1v) is 25.6. The molecule has 0 amide bonds. The molecule has 1 atom stereocenters. The van der Waals surface area contributed by atoms with Gasteiger partial charge in [0.15, 0.2) is 0 Å². The van der Waals surface area contributed by atoms with Crippen LogP contribution in [0.3, 0.4) is 0 Å². The van der Waals surface area contributed by atoms with E-state index in [-0.39, 0.29) is 0 Å². The third-order valence-electron chi connectivity index (χ3n) is 14.5. The predicted molar refractivity (Wildman–Crippen MR) is 287 cm³/mol. The van der Waals surface area contributed by atoms with Gasteiger partial charge in [-0.15, -0.1) is 0 Å². The van der Waals surface area contributed by atoms with E-state index < -0.39 is 7.55 Å². The van der Waals surface area contributed by atoms with Gasteiger partial charge in [-0.3, -0.25) is 0 Å². The third-order valence-corrected chi connectivity index (χ3v) is 17.5. The summed E-state index contributed by atoms with van der Waals surface area (Å²) in [6.07, 6.45) is 34.8. The molecule has 1 unspecified atom stereocenters. The van der Waals surface area contributed by atoms with Crippen LogP contribution in [0, 0.1) is 13.8 Å². The highest BCUT2D eigenvalue weighted by Gasteiger charge is 2.32. The Bertz CT molecular complexity index is 3110. The molecule has 2 heterocycles. The van der Waals surface area contributed by atoms with Crippen molar-refractivity contribution >= 4 is 46.7 Å². The minimum absolute atomic E-state index is 0.833. The molecule has 0 N–H and O–H groups in total. The summed E-state index contributed by atoms with van der Waals surface area (Å²) >= 11 is 0. The average Bonchev–Trinajstić information content (AvgIpc) is 3.36. The molecule has 326 valence electrons. The first-order valence-electron chi connectivity index (χ1n) is 24.1. The van der Waals surface area contributed by atoms with Gasteiger partial charge in [0.1, 0.15) is 0 Å². The molecule has 1 fully saturated rings. The van der Waals surface area contributed by atoms with Gasteiger partial charge in [0, 0.05) is 34.1 Å². The molecular formula is C63H59N2P. The van der Waals surface area contributed by atoms with Crippen molar-refractivity contribution in [2.45, 2.75) is 79.1 Å². The molecule has 5 aromatic rings. The third kappa shape index (κ3) is 7.97. The van der Waals surface area contributed by atoms with Crippen LogP contribution in [-0.4, -0.2) is 5.29 Å². The highest BCUT2D eigenvalue weighted by Crippen LogP contribution is 2.65. The van der Waals surface area contributed by atoms with Gasteiger partial charge < -0.3 is 9.80 Å². The zero-order chi connectivity index (χ0) is 44.7. The normalized spacial score (nSPS) is 18.7. The van der Waals surface area contributed by atoms with Crippen LogP contribution < -0.4 is 9.80 Å². The van der Waals surface area contributed by atoms with Gasteiger partial charge in [-0.25, -0.2) is 0 Å². The number of anilines is 4. The van der Waals surface area contributed by atoms with Gasteiger partial charge in [-0.1, -0.05) is 140 Å². The number of benzene rings is 5. The summed E-state index contributed by atoms with van der Waals surface area (Å²) < 4.78 is 0. The Kier molecular flexibility index (Phi) is 11.5. The Balaban J connectivity index is 0.867. The Labute approximate surface area is 393 Å². The van der Waals surface area contributed by atoms with E-state index >= 15 is 0 Å². The fourth-order valence-electron chi connectivity index (χ4n) is 10.8. The van der Waals surface area contributed by atoms with Crippen LogP contribution in [-0.2, 0) is 0 Å². The number of allylic oxidation sites excluding steroid dienone is 20. The van der Waals surface area contributed by atoms with Crippen molar-refractivity contribution in [2.75, 3.05) is 9.80 Å². The summed E-state index contributed by atoms with van der Waals surface area (Å²) in [6, 6.07) is 43.6. The maximum absolute atomic E-state index is 2.53. The van der Waals surface area contributed by atoms with Crippen molar-refractivity contribution in [2.24, 2.45) is 0 Å². The van der Waals surface area contributed by atoms with Crippen LogP contribution in [0.2, 0.25) is 0 Å². The second-order valence-corrected chi connectivity index (χ2v) is 21.1. The fourth-order valence-corrected chi connectivity index (χ4v) is 13.8. The molecule has 0 aromatic heterocycles. The summed E-state index contributed by atoms with van der Waals surface area (Å²) in [7, 11) is -0.833. The maximum Gasteiger partial charge on any atom is 0.0462 e. The maximum atomic E-state index is 2.53. The minimum atomic E-state index is -0.833. The van der Waals surface area contributed by atoms with E-state index in [1.165, 1.54) is 108 Å². The van der Waals surface area contributed by atoms with Crippen molar-refractivity contribution in [1.82, 2.24) is 0 Å². The summed E-state index contributed by atoms with van der Waals surface area (Å²) in [6.45, 7) is 8.95. The smallest absolute Gasteiger partial charge is 0.0462 e. The summed E-state index contributed by atoms with van der Waals surface area (Å²) in [5.74, 6) is 0. The molecule has 4 aliphatic carbocycles. The molecule has 2 nitrogen and oxygen atoms in total. The van der Waals surface area contributed by atoms with Gasteiger partial charge >= 0.3 is 0 Å².